The zero-order valence-electron chi connectivity index (χ0n) is 18.0. The number of hydrogen-bond donors (Lipinski definition) is 2. The highest BCUT2D eigenvalue weighted by atomic mass is 16.5. The number of nitrogens with zero attached hydrogens (tertiary/aromatic N) is 3. The van der Waals surface area contributed by atoms with Crippen LogP contribution in [0.1, 0.15) is 30.0 Å². The molecule has 1 amide bonds. The fourth-order valence-electron chi connectivity index (χ4n) is 3.18. The van der Waals surface area contributed by atoms with E-state index in [0.717, 1.165) is 11.1 Å². The van der Waals surface area contributed by atoms with Gasteiger partial charge in [-0.3, -0.25) is 4.79 Å². The lowest BCUT2D eigenvalue weighted by Crippen LogP contribution is -2.16. The fourth-order valence-corrected chi connectivity index (χ4v) is 3.18. The third-order valence-electron chi connectivity index (χ3n) is 4.67. The number of anilines is 2. The SMILES string of the molecule is Cc1onc(-c2ccccc2)c1C(=O)Nc1ccc(-c2ccc(N)nc2)nc1OC(C)C. The number of nitrogen functional groups attached to an aromatic ring is 1. The summed E-state index contributed by atoms with van der Waals surface area (Å²) in [6.07, 6.45) is 1.50. The first kappa shape index (κ1) is 21.0. The molecule has 0 saturated heterocycles. The van der Waals surface area contributed by atoms with E-state index in [1.54, 1.807) is 31.3 Å². The summed E-state index contributed by atoms with van der Waals surface area (Å²) in [5.74, 6) is 0.790. The highest BCUT2D eigenvalue weighted by Gasteiger charge is 2.23. The van der Waals surface area contributed by atoms with Crippen LogP contribution in [-0.4, -0.2) is 27.1 Å². The van der Waals surface area contributed by atoms with Gasteiger partial charge in [-0.25, -0.2) is 9.97 Å². The zero-order valence-corrected chi connectivity index (χ0v) is 18.0. The van der Waals surface area contributed by atoms with Gasteiger partial charge >= 0.3 is 0 Å². The summed E-state index contributed by atoms with van der Waals surface area (Å²) in [5.41, 5.74) is 9.18. The maximum absolute atomic E-state index is 13.2. The molecule has 4 rings (SSSR count). The Morgan fingerprint density at radius 3 is 2.53 bits per heavy atom. The van der Waals surface area contributed by atoms with Gasteiger partial charge in [-0.15, -0.1) is 0 Å². The van der Waals surface area contributed by atoms with Crippen LogP contribution in [0.3, 0.4) is 0 Å². The second-order valence-corrected chi connectivity index (χ2v) is 7.47. The van der Waals surface area contributed by atoms with E-state index >= 15 is 0 Å². The van der Waals surface area contributed by atoms with Crippen molar-refractivity contribution >= 4 is 17.4 Å². The second-order valence-electron chi connectivity index (χ2n) is 7.47. The average molecular weight is 429 g/mol. The Morgan fingerprint density at radius 1 is 1.06 bits per heavy atom. The molecule has 0 atom stereocenters. The molecule has 0 bridgehead atoms. The summed E-state index contributed by atoms with van der Waals surface area (Å²) >= 11 is 0. The van der Waals surface area contributed by atoms with Crippen molar-refractivity contribution in [1.82, 2.24) is 15.1 Å². The number of nitrogens with two attached hydrogens (primary N) is 1. The van der Waals surface area contributed by atoms with Gasteiger partial charge in [0, 0.05) is 17.3 Å². The highest BCUT2D eigenvalue weighted by molar-refractivity contribution is 6.09. The molecule has 0 saturated carbocycles. The third kappa shape index (κ3) is 4.44. The lowest BCUT2D eigenvalue weighted by molar-refractivity contribution is 0.102. The summed E-state index contributed by atoms with van der Waals surface area (Å²) in [6.45, 7) is 5.49. The predicted molar refractivity (Wildman–Crippen MR) is 122 cm³/mol. The lowest BCUT2D eigenvalue weighted by Gasteiger charge is -2.15. The predicted octanol–water partition coefficient (Wildman–Crippen LogP) is 4.73. The number of rotatable bonds is 6. The first-order chi connectivity index (χ1) is 15.4. The molecule has 0 fully saturated rings. The number of aromatic nitrogens is 3. The summed E-state index contributed by atoms with van der Waals surface area (Å²) in [5, 5.41) is 6.98. The quantitative estimate of drug-likeness (QED) is 0.455. The molecular formula is C24H23N5O3. The Labute approximate surface area is 185 Å². The number of ether oxygens (including phenoxy) is 1. The van der Waals surface area contributed by atoms with Gasteiger partial charge in [-0.1, -0.05) is 35.5 Å². The molecule has 3 N–H and O–H groups in total. The number of pyridine rings is 2. The molecule has 0 aliphatic rings. The Hall–Kier alpha value is -4.20. The molecule has 0 spiro atoms. The molecule has 8 nitrogen and oxygen atoms in total. The van der Waals surface area contributed by atoms with Gasteiger partial charge in [-0.2, -0.15) is 0 Å². The molecule has 4 aromatic rings. The zero-order chi connectivity index (χ0) is 22.7. The number of nitrogens with one attached hydrogen (secondary N) is 1. The molecule has 8 heteroatoms. The van der Waals surface area contributed by atoms with E-state index in [-0.39, 0.29) is 12.0 Å². The minimum absolute atomic E-state index is 0.143. The molecule has 0 unspecified atom stereocenters. The minimum atomic E-state index is -0.361. The Morgan fingerprint density at radius 2 is 1.84 bits per heavy atom. The number of carbonyl (C=O) groups is 1. The van der Waals surface area contributed by atoms with E-state index in [1.807, 2.05) is 50.2 Å². The third-order valence-corrected chi connectivity index (χ3v) is 4.67. The summed E-state index contributed by atoms with van der Waals surface area (Å²) < 4.78 is 11.2. The van der Waals surface area contributed by atoms with Gasteiger partial charge in [0.05, 0.1) is 11.8 Å². The molecule has 3 heterocycles. The average Bonchev–Trinajstić information content (AvgIpc) is 3.17. The van der Waals surface area contributed by atoms with Gasteiger partial charge in [-0.05, 0) is 45.0 Å². The maximum atomic E-state index is 13.2. The monoisotopic (exact) mass is 429 g/mol. The topological polar surface area (TPSA) is 116 Å². The highest BCUT2D eigenvalue weighted by Crippen LogP contribution is 2.30. The lowest BCUT2D eigenvalue weighted by atomic mass is 10.1. The van der Waals surface area contributed by atoms with Crippen molar-refractivity contribution < 1.29 is 14.1 Å². The van der Waals surface area contributed by atoms with E-state index in [4.69, 9.17) is 15.0 Å². The minimum Gasteiger partial charge on any atom is -0.473 e. The van der Waals surface area contributed by atoms with Gasteiger partial charge in [0.1, 0.15) is 28.5 Å². The van der Waals surface area contributed by atoms with Crippen LogP contribution in [0.15, 0.2) is 65.3 Å². The van der Waals surface area contributed by atoms with E-state index < -0.39 is 0 Å². The van der Waals surface area contributed by atoms with Gasteiger partial charge < -0.3 is 20.3 Å². The summed E-state index contributed by atoms with van der Waals surface area (Å²) in [7, 11) is 0. The smallest absolute Gasteiger partial charge is 0.261 e. The van der Waals surface area contributed by atoms with Crippen LogP contribution in [0.5, 0.6) is 5.88 Å². The molecule has 0 radical (unpaired) electrons. The molecule has 162 valence electrons. The standard InChI is InChI=1S/C24H23N5O3/c1-14(2)31-24-19(11-10-18(28-24)17-9-12-20(25)26-13-17)27-23(30)21-15(3)32-29-22(21)16-7-5-4-6-8-16/h4-14H,1-3H3,(H2,25,26)(H,27,30). The molecule has 32 heavy (non-hydrogen) atoms. The number of benzene rings is 1. The molecular weight excluding hydrogens is 406 g/mol. The van der Waals surface area contributed by atoms with Crippen LogP contribution >= 0.6 is 0 Å². The Bertz CT molecular complexity index is 1230. The van der Waals surface area contributed by atoms with Crippen LogP contribution in [0.25, 0.3) is 22.5 Å². The van der Waals surface area contributed by atoms with E-state index in [9.17, 15) is 4.79 Å². The summed E-state index contributed by atoms with van der Waals surface area (Å²) in [6, 6.07) is 16.5. The maximum Gasteiger partial charge on any atom is 0.261 e. The van der Waals surface area contributed by atoms with Crippen molar-refractivity contribution in [3.63, 3.8) is 0 Å². The Balaban J connectivity index is 1.68. The fraction of sp³-hybridized carbons (Fsp3) is 0.167. The molecule has 3 aromatic heterocycles. The first-order valence-electron chi connectivity index (χ1n) is 10.1. The number of hydrogen-bond acceptors (Lipinski definition) is 7. The van der Waals surface area contributed by atoms with E-state index in [2.05, 4.69) is 20.4 Å². The van der Waals surface area contributed by atoms with Crippen LogP contribution in [0, 0.1) is 6.92 Å². The van der Waals surface area contributed by atoms with Crippen LogP contribution in [0.4, 0.5) is 11.5 Å². The largest absolute Gasteiger partial charge is 0.473 e. The van der Waals surface area contributed by atoms with Crippen LogP contribution in [-0.2, 0) is 0 Å². The van der Waals surface area contributed by atoms with Crippen molar-refractivity contribution in [2.24, 2.45) is 0 Å². The molecule has 0 aliphatic heterocycles. The normalized spacial score (nSPS) is 10.9. The number of carbonyl (C=O) groups excluding carboxylic acids is 1. The van der Waals surface area contributed by atoms with Crippen molar-refractivity contribution in [1.29, 1.82) is 0 Å². The van der Waals surface area contributed by atoms with Crippen LogP contribution < -0.4 is 15.8 Å². The van der Waals surface area contributed by atoms with Gasteiger partial charge in [0.25, 0.3) is 5.91 Å². The van der Waals surface area contributed by atoms with Crippen molar-refractivity contribution in [3.05, 3.63) is 72.1 Å². The van der Waals surface area contributed by atoms with Gasteiger partial charge in [0.15, 0.2) is 0 Å². The van der Waals surface area contributed by atoms with Crippen LogP contribution in [0.2, 0.25) is 0 Å². The molecule has 1 aromatic carbocycles. The molecule has 0 aliphatic carbocycles. The van der Waals surface area contributed by atoms with Crippen molar-refractivity contribution in [2.75, 3.05) is 11.1 Å². The second kappa shape index (κ2) is 8.89. The van der Waals surface area contributed by atoms with Crippen molar-refractivity contribution in [3.8, 4) is 28.4 Å². The van der Waals surface area contributed by atoms with E-state index in [1.165, 1.54) is 0 Å². The van der Waals surface area contributed by atoms with E-state index in [0.29, 0.717) is 40.1 Å². The summed E-state index contributed by atoms with van der Waals surface area (Å²) in [4.78, 5) is 21.9. The first-order valence-corrected chi connectivity index (χ1v) is 10.1. The van der Waals surface area contributed by atoms with Gasteiger partial charge in [0.2, 0.25) is 5.88 Å². The number of amides is 1. The van der Waals surface area contributed by atoms with Crippen molar-refractivity contribution in [2.45, 2.75) is 26.9 Å². The Kier molecular flexibility index (Phi) is 5.85. The number of aryl methyl sites for hydroxylation is 1.